The number of hydrogen-bond acceptors (Lipinski definition) is 4. The van der Waals surface area contributed by atoms with E-state index in [4.69, 9.17) is 16.3 Å². The first-order chi connectivity index (χ1) is 13.1. The first-order valence-corrected chi connectivity index (χ1v) is 10.5. The number of hydrogen-bond donors (Lipinski definition) is 2. The van der Waals surface area contributed by atoms with Gasteiger partial charge in [0, 0.05) is 9.90 Å². The fourth-order valence-electron chi connectivity index (χ4n) is 3.24. The third-order valence-corrected chi connectivity index (χ3v) is 5.98. The molecule has 0 atom stereocenters. The molecule has 0 bridgehead atoms. The number of rotatable bonds is 6. The second kappa shape index (κ2) is 9.35. The molecule has 0 radical (unpaired) electrons. The van der Waals surface area contributed by atoms with E-state index in [0.29, 0.717) is 28.7 Å². The normalized spacial score (nSPS) is 14.7. The zero-order valence-electron chi connectivity index (χ0n) is 15.3. The predicted octanol–water partition coefficient (Wildman–Crippen LogP) is 3.25. The van der Waals surface area contributed by atoms with E-state index in [1.54, 1.807) is 19.1 Å². The second-order valence-electron chi connectivity index (χ2n) is 6.62. The molecule has 1 aromatic carbocycles. The SMILES string of the molecule is CCOC(=O)c1sc(-c2ccc(Cl)cc2)cc1NC(=O)C[NH+]1CCCCC1. The van der Waals surface area contributed by atoms with Crippen molar-refractivity contribution in [2.24, 2.45) is 0 Å². The molecule has 144 valence electrons. The van der Waals surface area contributed by atoms with Gasteiger partial charge in [0.05, 0.1) is 25.4 Å². The summed E-state index contributed by atoms with van der Waals surface area (Å²) >= 11 is 7.27. The molecule has 1 fully saturated rings. The molecule has 1 saturated heterocycles. The van der Waals surface area contributed by atoms with Gasteiger partial charge in [0.25, 0.3) is 5.91 Å². The van der Waals surface area contributed by atoms with E-state index in [-0.39, 0.29) is 5.91 Å². The smallest absolute Gasteiger partial charge is 0.350 e. The highest BCUT2D eigenvalue weighted by molar-refractivity contribution is 7.18. The average Bonchev–Trinajstić information content (AvgIpc) is 3.07. The van der Waals surface area contributed by atoms with Crippen LogP contribution in [0.25, 0.3) is 10.4 Å². The number of nitrogens with one attached hydrogen (secondary N) is 2. The van der Waals surface area contributed by atoms with Crippen LogP contribution in [0, 0.1) is 0 Å². The number of esters is 1. The lowest BCUT2D eigenvalue weighted by Gasteiger charge is -2.22. The van der Waals surface area contributed by atoms with E-state index in [2.05, 4.69) is 5.32 Å². The Morgan fingerprint density at radius 2 is 1.89 bits per heavy atom. The summed E-state index contributed by atoms with van der Waals surface area (Å²) in [5.74, 6) is -0.485. The number of carbonyl (C=O) groups excluding carboxylic acids is 2. The number of thiophene rings is 1. The van der Waals surface area contributed by atoms with Crippen molar-refractivity contribution in [1.29, 1.82) is 0 Å². The molecule has 2 aromatic rings. The Bertz CT molecular complexity index is 798. The van der Waals surface area contributed by atoms with Crippen molar-refractivity contribution < 1.29 is 19.2 Å². The molecule has 1 aromatic heterocycles. The summed E-state index contributed by atoms with van der Waals surface area (Å²) in [6.07, 6.45) is 3.57. The summed E-state index contributed by atoms with van der Waals surface area (Å²) in [5.41, 5.74) is 1.46. The van der Waals surface area contributed by atoms with Gasteiger partial charge in [0.1, 0.15) is 4.88 Å². The number of benzene rings is 1. The Morgan fingerprint density at radius 3 is 2.56 bits per heavy atom. The monoisotopic (exact) mass is 407 g/mol. The van der Waals surface area contributed by atoms with E-state index in [1.165, 1.54) is 22.7 Å². The Hall–Kier alpha value is -1.89. The lowest BCUT2D eigenvalue weighted by atomic mass is 10.1. The number of anilines is 1. The van der Waals surface area contributed by atoms with Gasteiger partial charge in [-0.3, -0.25) is 4.79 Å². The van der Waals surface area contributed by atoms with Crippen molar-refractivity contribution in [2.45, 2.75) is 26.2 Å². The molecule has 1 aliphatic heterocycles. The van der Waals surface area contributed by atoms with E-state index in [0.717, 1.165) is 36.4 Å². The predicted molar refractivity (Wildman–Crippen MR) is 109 cm³/mol. The summed E-state index contributed by atoms with van der Waals surface area (Å²) < 4.78 is 5.16. The Labute approximate surface area is 168 Å². The third-order valence-electron chi connectivity index (χ3n) is 4.57. The molecule has 7 heteroatoms. The quantitative estimate of drug-likeness (QED) is 0.722. The molecule has 1 amide bonds. The Balaban J connectivity index is 1.79. The van der Waals surface area contributed by atoms with Crippen LogP contribution in [-0.4, -0.2) is 38.1 Å². The summed E-state index contributed by atoms with van der Waals surface area (Å²) in [6, 6.07) is 9.24. The molecule has 0 aliphatic carbocycles. The molecule has 3 rings (SSSR count). The van der Waals surface area contributed by atoms with Crippen LogP contribution in [0.15, 0.2) is 30.3 Å². The number of likely N-dealkylation sites (tertiary alicyclic amines) is 1. The highest BCUT2D eigenvalue weighted by Crippen LogP contribution is 2.35. The van der Waals surface area contributed by atoms with Gasteiger partial charge in [-0.25, -0.2) is 4.79 Å². The molecule has 0 unspecified atom stereocenters. The zero-order valence-corrected chi connectivity index (χ0v) is 16.9. The molecule has 5 nitrogen and oxygen atoms in total. The van der Waals surface area contributed by atoms with Gasteiger partial charge in [0.2, 0.25) is 0 Å². The van der Waals surface area contributed by atoms with Crippen molar-refractivity contribution in [3.8, 4) is 10.4 Å². The van der Waals surface area contributed by atoms with Crippen molar-refractivity contribution in [3.63, 3.8) is 0 Å². The number of ether oxygens (including phenoxy) is 1. The van der Waals surface area contributed by atoms with E-state index in [1.807, 2.05) is 18.2 Å². The highest BCUT2D eigenvalue weighted by atomic mass is 35.5. The lowest BCUT2D eigenvalue weighted by molar-refractivity contribution is -0.896. The van der Waals surface area contributed by atoms with Gasteiger partial charge in [-0.05, 0) is 49.9 Å². The largest absolute Gasteiger partial charge is 0.462 e. The molecule has 0 saturated carbocycles. The maximum Gasteiger partial charge on any atom is 0.350 e. The highest BCUT2D eigenvalue weighted by Gasteiger charge is 2.22. The van der Waals surface area contributed by atoms with Crippen LogP contribution in [-0.2, 0) is 9.53 Å². The first kappa shape index (κ1) is 19.9. The topological polar surface area (TPSA) is 59.8 Å². The van der Waals surface area contributed by atoms with Gasteiger partial charge in [0.15, 0.2) is 6.54 Å². The third kappa shape index (κ3) is 5.31. The number of carbonyl (C=O) groups is 2. The number of piperidine rings is 1. The molecule has 27 heavy (non-hydrogen) atoms. The molecule has 1 aliphatic rings. The average molecular weight is 408 g/mol. The minimum Gasteiger partial charge on any atom is -0.462 e. The molecular formula is C20H24ClN2O3S+. The Morgan fingerprint density at radius 1 is 1.19 bits per heavy atom. The van der Waals surface area contributed by atoms with Gasteiger partial charge < -0.3 is 15.0 Å². The van der Waals surface area contributed by atoms with Crippen molar-refractivity contribution in [3.05, 3.63) is 40.2 Å². The number of amides is 1. The molecule has 2 heterocycles. The van der Waals surface area contributed by atoms with Crippen molar-refractivity contribution >= 4 is 40.5 Å². The van der Waals surface area contributed by atoms with Crippen LogP contribution in [0.5, 0.6) is 0 Å². The van der Waals surface area contributed by atoms with Gasteiger partial charge in [-0.15, -0.1) is 11.3 Å². The summed E-state index contributed by atoms with van der Waals surface area (Å²) in [6.45, 7) is 4.53. The van der Waals surface area contributed by atoms with Crippen LogP contribution < -0.4 is 10.2 Å². The molecule has 2 N–H and O–H groups in total. The van der Waals surface area contributed by atoms with Crippen LogP contribution in [0.3, 0.4) is 0 Å². The minimum absolute atomic E-state index is 0.0714. The van der Waals surface area contributed by atoms with Crippen molar-refractivity contribution in [1.82, 2.24) is 0 Å². The number of quaternary nitrogens is 1. The zero-order chi connectivity index (χ0) is 19.2. The molecular weight excluding hydrogens is 384 g/mol. The molecule has 0 spiro atoms. The van der Waals surface area contributed by atoms with E-state index in [9.17, 15) is 9.59 Å². The minimum atomic E-state index is -0.414. The van der Waals surface area contributed by atoms with Gasteiger partial charge in [-0.1, -0.05) is 23.7 Å². The van der Waals surface area contributed by atoms with Crippen molar-refractivity contribution in [2.75, 3.05) is 31.6 Å². The van der Waals surface area contributed by atoms with E-state index >= 15 is 0 Å². The number of halogens is 1. The fourth-order valence-corrected chi connectivity index (χ4v) is 4.38. The summed E-state index contributed by atoms with van der Waals surface area (Å²) in [5, 5.41) is 3.57. The van der Waals surface area contributed by atoms with E-state index < -0.39 is 5.97 Å². The standard InChI is InChI=1S/C20H23ClN2O3S/c1-2-26-20(25)19-16(22-18(24)13-23-10-4-3-5-11-23)12-17(27-19)14-6-8-15(21)9-7-14/h6-9,12H,2-5,10-11,13H2,1H3,(H,22,24)/p+1. The second-order valence-corrected chi connectivity index (χ2v) is 8.11. The summed E-state index contributed by atoms with van der Waals surface area (Å²) in [4.78, 5) is 27.5. The first-order valence-electron chi connectivity index (χ1n) is 9.27. The van der Waals surface area contributed by atoms with Crippen LogP contribution in [0.1, 0.15) is 35.9 Å². The maximum absolute atomic E-state index is 12.5. The van der Waals surface area contributed by atoms with Crippen LogP contribution in [0.4, 0.5) is 5.69 Å². The maximum atomic E-state index is 12.5. The Kier molecular flexibility index (Phi) is 6.88. The van der Waals surface area contributed by atoms with Gasteiger partial charge in [-0.2, -0.15) is 0 Å². The summed E-state index contributed by atoms with van der Waals surface area (Å²) in [7, 11) is 0. The fraction of sp³-hybridized carbons (Fsp3) is 0.400. The van der Waals surface area contributed by atoms with Gasteiger partial charge >= 0.3 is 5.97 Å². The van der Waals surface area contributed by atoms with Crippen LogP contribution in [0.2, 0.25) is 5.02 Å². The van der Waals surface area contributed by atoms with Crippen LogP contribution >= 0.6 is 22.9 Å². The lowest BCUT2D eigenvalue weighted by Crippen LogP contribution is -3.13.